The first-order valence-electron chi connectivity index (χ1n) is 9.11. The maximum absolute atomic E-state index is 13.8. The zero-order valence-corrected chi connectivity index (χ0v) is 18.6. The van der Waals surface area contributed by atoms with Crippen molar-refractivity contribution in [2.45, 2.75) is 30.5 Å². The van der Waals surface area contributed by atoms with E-state index in [9.17, 15) is 9.18 Å². The van der Waals surface area contributed by atoms with E-state index in [1.54, 1.807) is 35.8 Å². The van der Waals surface area contributed by atoms with Crippen LogP contribution in [0.25, 0.3) is 0 Å². The zero-order valence-electron chi connectivity index (χ0n) is 16.2. The number of ether oxygens (including phenoxy) is 1. The first-order chi connectivity index (χ1) is 14.5. The highest BCUT2D eigenvalue weighted by Gasteiger charge is 2.20. The number of halogens is 2. The molecule has 156 valence electrons. The van der Waals surface area contributed by atoms with Gasteiger partial charge in [-0.2, -0.15) is 0 Å². The second kappa shape index (κ2) is 10.4. The van der Waals surface area contributed by atoms with Crippen molar-refractivity contribution in [3.8, 4) is 5.75 Å². The molecule has 1 N–H and O–H groups in total. The molecule has 1 unspecified atom stereocenters. The van der Waals surface area contributed by atoms with E-state index in [0.717, 1.165) is 4.47 Å². The maximum atomic E-state index is 13.8. The number of amides is 1. The molecule has 0 radical (unpaired) electrons. The van der Waals surface area contributed by atoms with E-state index in [1.165, 1.54) is 17.8 Å². The Hall–Kier alpha value is -2.65. The summed E-state index contributed by atoms with van der Waals surface area (Å²) in [7, 11) is 0. The number of rotatable bonds is 9. The number of hydrogen-bond acceptors (Lipinski definition) is 5. The summed E-state index contributed by atoms with van der Waals surface area (Å²) in [6, 6.07) is 13.5. The second-order valence-corrected chi connectivity index (χ2v) is 8.50. The molecule has 0 aliphatic rings. The minimum Gasteiger partial charge on any atom is -0.483 e. The van der Waals surface area contributed by atoms with E-state index < -0.39 is 11.1 Å². The number of thioether (sulfide) groups is 1. The van der Waals surface area contributed by atoms with Gasteiger partial charge in [-0.25, -0.2) is 4.39 Å². The Balaban J connectivity index is 1.67. The molecule has 0 saturated heterocycles. The Morgan fingerprint density at radius 1 is 1.30 bits per heavy atom. The van der Waals surface area contributed by atoms with E-state index in [4.69, 9.17) is 4.74 Å². The van der Waals surface area contributed by atoms with Crippen molar-refractivity contribution in [2.75, 3.05) is 5.32 Å². The number of hydrogen-bond donors (Lipinski definition) is 1. The van der Waals surface area contributed by atoms with E-state index in [1.807, 2.05) is 24.3 Å². The van der Waals surface area contributed by atoms with Gasteiger partial charge in [0.2, 0.25) is 5.91 Å². The molecular formula is C21H20BrFN4O2S. The number of aromatic nitrogens is 3. The van der Waals surface area contributed by atoms with Crippen molar-refractivity contribution >= 4 is 39.3 Å². The van der Waals surface area contributed by atoms with Crippen molar-refractivity contribution in [2.24, 2.45) is 0 Å². The number of allylic oxidation sites excluding steroid dienone is 1. The molecule has 1 amide bonds. The van der Waals surface area contributed by atoms with E-state index in [0.29, 0.717) is 23.2 Å². The average molecular weight is 491 g/mol. The fourth-order valence-corrected chi connectivity index (χ4v) is 3.66. The normalized spacial score (nSPS) is 11.7. The molecule has 2 aromatic carbocycles. The van der Waals surface area contributed by atoms with Crippen LogP contribution in [0.5, 0.6) is 5.75 Å². The van der Waals surface area contributed by atoms with Crippen LogP contribution in [-0.2, 0) is 17.9 Å². The summed E-state index contributed by atoms with van der Waals surface area (Å²) in [5.74, 6) is 0.0584. The molecule has 0 bridgehead atoms. The molecule has 1 heterocycles. The van der Waals surface area contributed by atoms with E-state index >= 15 is 0 Å². The quantitative estimate of drug-likeness (QED) is 0.335. The average Bonchev–Trinajstić information content (AvgIpc) is 3.10. The lowest BCUT2D eigenvalue weighted by Crippen LogP contribution is -2.23. The molecule has 0 fully saturated rings. The first-order valence-corrected chi connectivity index (χ1v) is 10.8. The highest BCUT2D eigenvalue weighted by Crippen LogP contribution is 2.25. The predicted octanol–water partition coefficient (Wildman–Crippen LogP) is 5.06. The molecule has 0 aliphatic carbocycles. The van der Waals surface area contributed by atoms with Crippen molar-refractivity contribution in [3.63, 3.8) is 0 Å². The third-order valence-corrected chi connectivity index (χ3v) is 5.67. The fourth-order valence-electron chi connectivity index (χ4n) is 2.52. The Morgan fingerprint density at radius 3 is 2.73 bits per heavy atom. The van der Waals surface area contributed by atoms with Crippen LogP contribution >= 0.6 is 27.7 Å². The lowest BCUT2D eigenvalue weighted by Gasteiger charge is -2.13. The van der Waals surface area contributed by atoms with Crippen LogP contribution in [0.15, 0.2) is 70.8 Å². The zero-order chi connectivity index (χ0) is 21.5. The van der Waals surface area contributed by atoms with Gasteiger partial charge >= 0.3 is 0 Å². The van der Waals surface area contributed by atoms with Gasteiger partial charge in [0, 0.05) is 16.7 Å². The number of nitrogens with one attached hydrogen (secondary N) is 1. The summed E-state index contributed by atoms with van der Waals surface area (Å²) in [5, 5.41) is 11.3. The summed E-state index contributed by atoms with van der Waals surface area (Å²) in [6.45, 7) is 6.03. The van der Waals surface area contributed by atoms with Crippen LogP contribution < -0.4 is 10.1 Å². The molecule has 1 aromatic heterocycles. The maximum Gasteiger partial charge on any atom is 0.237 e. The molecule has 3 aromatic rings. The van der Waals surface area contributed by atoms with Crippen molar-refractivity contribution in [1.82, 2.24) is 14.8 Å². The standard InChI is InChI=1S/C21H20BrFN4O2S/c1-3-12-27-19(13-29-18-7-5-4-6-17(18)23)25-26-21(27)30-14(2)20(28)24-16-10-8-15(22)9-11-16/h3-11,14H,1,12-13H2,2H3,(H,24,28). The van der Waals surface area contributed by atoms with Gasteiger partial charge in [-0.3, -0.25) is 9.36 Å². The Morgan fingerprint density at radius 2 is 2.03 bits per heavy atom. The van der Waals surface area contributed by atoms with Crippen LogP contribution in [0.4, 0.5) is 10.1 Å². The number of nitrogens with zero attached hydrogens (tertiary/aromatic N) is 3. The fraction of sp³-hybridized carbons (Fsp3) is 0.190. The summed E-state index contributed by atoms with van der Waals surface area (Å²) >= 11 is 4.64. The van der Waals surface area contributed by atoms with Crippen molar-refractivity contribution in [3.05, 3.63) is 77.3 Å². The smallest absolute Gasteiger partial charge is 0.237 e. The largest absolute Gasteiger partial charge is 0.483 e. The third kappa shape index (κ3) is 5.70. The van der Waals surface area contributed by atoms with Crippen LogP contribution in [0.3, 0.4) is 0 Å². The third-order valence-electron chi connectivity index (χ3n) is 4.06. The van der Waals surface area contributed by atoms with E-state index in [-0.39, 0.29) is 18.3 Å². The topological polar surface area (TPSA) is 69.0 Å². The first kappa shape index (κ1) is 22.0. The van der Waals surface area contributed by atoms with Crippen molar-refractivity contribution in [1.29, 1.82) is 0 Å². The highest BCUT2D eigenvalue weighted by molar-refractivity contribution is 9.10. The summed E-state index contributed by atoms with van der Waals surface area (Å²) in [5.41, 5.74) is 0.710. The molecule has 1 atom stereocenters. The van der Waals surface area contributed by atoms with Crippen LogP contribution in [0.2, 0.25) is 0 Å². The van der Waals surface area contributed by atoms with Gasteiger partial charge in [0.1, 0.15) is 6.61 Å². The number of carbonyl (C=O) groups excluding carboxylic acids is 1. The predicted molar refractivity (Wildman–Crippen MR) is 119 cm³/mol. The van der Waals surface area contributed by atoms with Gasteiger partial charge in [0.25, 0.3) is 0 Å². The van der Waals surface area contributed by atoms with Gasteiger partial charge in [0.05, 0.1) is 5.25 Å². The summed E-state index contributed by atoms with van der Waals surface area (Å²) in [4.78, 5) is 12.5. The van der Waals surface area contributed by atoms with Crippen LogP contribution in [0, 0.1) is 5.82 Å². The number of carbonyl (C=O) groups is 1. The lowest BCUT2D eigenvalue weighted by atomic mass is 10.3. The Labute approximate surface area is 186 Å². The second-order valence-electron chi connectivity index (χ2n) is 6.27. The number of benzene rings is 2. The molecule has 30 heavy (non-hydrogen) atoms. The summed E-state index contributed by atoms with van der Waals surface area (Å²) in [6.07, 6.45) is 1.70. The van der Waals surface area contributed by atoms with Gasteiger partial charge in [-0.1, -0.05) is 45.9 Å². The molecule has 0 aliphatic heterocycles. The summed E-state index contributed by atoms with van der Waals surface area (Å²) < 4.78 is 22.0. The van der Waals surface area contributed by atoms with Gasteiger partial charge < -0.3 is 10.1 Å². The Bertz CT molecular complexity index is 1030. The highest BCUT2D eigenvalue weighted by atomic mass is 79.9. The molecular weight excluding hydrogens is 471 g/mol. The Kier molecular flexibility index (Phi) is 7.64. The minimum atomic E-state index is -0.444. The number of para-hydroxylation sites is 1. The van der Waals surface area contributed by atoms with Crippen molar-refractivity contribution < 1.29 is 13.9 Å². The monoisotopic (exact) mass is 490 g/mol. The lowest BCUT2D eigenvalue weighted by molar-refractivity contribution is -0.115. The molecule has 0 saturated carbocycles. The molecule has 3 rings (SSSR count). The molecule has 9 heteroatoms. The minimum absolute atomic E-state index is 0.0435. The molecule has 0 spiro atoms. The SMILES string of the molecule is C=CCn1c(COc2ccccc2F)nnc1SC(C)C(=O)Nc1ccc(Br)cc1. The van der Waals surface area contributed by atoms with Gasteiger partial charge in [0.15, 0.2) is 22.5 Å². The van der Waals surface area contributed by atoms with E-state index in [2.05, 4.69) is 38.0 Å². The van der Waals surface area contributed by atoms with Gasteiger partial charge in [-0.05, 0) is 43.3 Å². The molecule has 6 nitrogen and oxygen atoms in total. The van der Waals surface area contributed by atoms with Crippen LogP contribution in [0.1, 0.15) is 12.7 Å². The van der Waals surface area contributed by atoms with Crippen LogP contribution in [-0.4, -0.2) is 25.9 Å². The number of anilines is 1. The van der Waals surface area contributed by atoms with Gasteiger partial charge in [-0.15, -0.1) is 16.8 Å².